The number of anilines is 1. The molecule has 3 aromatic rings. The minimum absolute atomic E-state index is 0.180. The van der Waals surface area contributed by atoms with Crippen molar-refractivity contribution in [2.24, 2.45) is 0 Å². The summed E-state index contributed by atoms with van der Waals surface area (Å²) < 4.78 is 6.67. The van der Waals surface area contributed by atoms with Crippen molar-refractivity contribution < 1.29 is 4.74 Å². The fourth-order valence-corrected chi connectivity index (χ4v) is 2.67. The summed E-state index contributed by atoms with van der Waals surface area (Å²) in [5, 5.41) is 0.639. The third-order valence-corrected chi connectivity index (χ3v) is 3.97. The second kappa shape index (κ2) is 5.05. The Morgan fingerprint density at radius 3 is 2.83 bits per heavy atom. The number of ether oxygens (including phenoxy) is 1. The smallest absolute Gasteiger partial charge is 0.356 e. The maximum atomic E-state index is 12.5. The first-order valence-corrected chi connectivity index (χ1v) is 7.37. The lowest BCUT2D eigenvalue weighted by Gasteiger charge is -2.13. The van der Waals surface area contributed by atoms with Gasteiger partial charge in [0, 0.05) is 17.8 Å². The van der Waals surface area contributed by atoms with Crippen LogP contribution in [0, 0.1) is 0 Å². The minimum atomic E-state index is -0.498. The number of nitrogens with zero attached hydrogens (tertiary/aromatic N) is 4. The number of aromatic nitrogens is 4. The Labute approximate surface area is 131 Å². The number of pyridine rings is 2. The highest BCUT2D eigenvalue weighted by molar-refractivity contribution is 5.86. The van der Waals surface area contributed by atoms with Crippen LogP contribution in [0.5, 0.6) is 5.88 Å². The molecule has 0 spiro atoms. The summed E-state index contributed by atoms with van der Waals surface area (Å²) in [6, 6.07) is 7.30. The van der Waals surface area contributed by atoms with Gasteiger partial charge in [0.2, 0.25) is 5.88 Å². The molecule has 1 saturated carbocycles. The lowest BCUT2D eigenvalue weighted by atomic mass is 10.2. The van der Waals surface area contributed by atoms with Gasteiger partial charge in [-0.05, 0) is 37.1 Å². The molecule has 0 saturated heterocycles. The lowest BCUT2D eigenvalue weighted by Crippen LogP contribution is -2.24. The number of nitrogens with two attached hydrogens (primary N) is 1. The van der Waals surface area contributed by atoms with E-state index in [-0.39, 0.29) is 5.82 Å². The van der Waals surface area contributed by atoms with Gasteiger partial charge in [-0.1, -0.05) is 0 Å². The van der Waals surface area contributed by atoms with E-state index < -0.39 is 5.69 Å². The molecule has 2 N–H and O–H groups in total. The van der Waals surface area contributed by atoms with E-state index in [1.807, 2.05) is 12.1 Å². The zero-order valence-electron chi connectivity index (χ0n) is 12.6. The maximum Gasteiger partial charge on any atom is 0.356 e. The van der Waals surface area contributed by atoms with E-state index in [1.165, 1.54) is 11.7 Å². The highest BCUT2D eigenvalue weighted by atomic mass is 16.5. The van der Waals surface area contributed by atoms with E-state index >= 15 is 0 Å². The van der Waals surface area contributed by atoms with Crippen LogP contribution in [0.4, 0.5) is 5.82 Å². The van der Waals surface area contributed by atoms with Gasteiger partial charge in [0.15, 0.2) is 5.65 Å². The van der Waals surface area contributed by atoms with Gasteiger partial charge in [0.1, 0.15) is 11.5 Å². The highest BCUT2D eigenvalue weighted by Crippen LogP contribution is 2.39. The standard InChI is InChI=1S/C16H15N5O2/c1-23-15-12(3-2-8-18-15)21-14-10(13(17)20-16(21)22)6-7-11(19-14)9-4-5-9/h2-3,6-9H,4-5H2,1H3,(H2,17,20,22). The SMILES string of the molecule is COc1ncccc1-n1c(=O)nc(N)c2ccc(C3CC3)nc21. The predicted octanol–water partition coefficient (Wildman–Crippen LogP) is 1.64. The Balaban J connectivity index is 2.08. The van der Waals surface area contributed by atoms with Crippen LogP contribution in [0.2, 0.25) is 0 Å². The topological polar surface area (TPSA) is 95.9 Å². The van der Waals surface area contributed by atoms with Gasteiger partial charge in [-0.15, -0.1) is 0 Å². The minimum Gasteiger partial charge on any atom is -0.479 e. The molecule has 3 heterocycles. The molecule has 7 nitrogen and oxygen atoms in total. The molecule has 1 aliphatic carbocycles. The molecule has 0 atom stereocenters. The number of hydrogen-bond acceptors (Lipinski definition) is 6. The fraction of sp³-hybridized carbons (Fsp3) is 0.250. The quantitative estimate of drug-likeness (QED) is 0.790. The van der Waals surface area contributed by atoms with Crippen LogP contribution in [0.15, 0.2) is 35.3 Å². The van der Waals surface area contributed by atoms with Crippen molar-refractivity contribution >= 4 is 16.9 Å². The van der Waals surface area contributed by atoms with Crippen LogP contribution < -0.4 is 16.2 Å². The molecule has 1 fully saturated rings. The van der Waals surface area contributed by atoms with E-state index in [0.717, 1.165) is 18.5 Å². The molecule has 0 unspecified atom stereocenters. The molecule has 23 heavy (non-hydrogen) atoms. The van der Waals surface area contributed by atoms with Crippen LogP contribution in [0.1, 0.15) is 24.5 Å². The number of hydrogen-bond donors (Lipinski definition) is 1. The van der Waals surface area contributed by atoms with Gasteiger partial charge >= 0.3 is 5.69 Å². The average molecular weight is 309 g/mol. The normalized spacial score (nSPS) is 14.1. The van der Waals surface area contributed by atoms with Crippen molar-refractivity contribution in [2.75, 3.05) is 12.8 Å². The second-order valence-electron chi connectivity index (χ2n) is 5.53. The molecule has 0 radical (unpaired) electrons. The molecule has 0 aliphatic heterocycles. The van der Waals surface area contributed by atoms with Gasteiger partial charge in [-0.2, -0.15) is 4.98 Å². The van der Waals surface area contributed by atoms with Crippen molar-refractivity contribution in [1.82, 2.24) is 19.5 Å². The van der Waals surface area contributed by atoms with Crippen molar-refractivity contribution in [2.45, 2.75) is 18.8 Å². The second-order valence-corrected chi connectivity index (χ2v) is 5.53. The zero-order valence-corrected chi connectivity index (χ0v) is 12.6. The van der Waals surface area contributed by atoms with Crippen molar-refractivity contribution in [3.05, 3.63) is 46.6 Å². The summed E-state index contributed by atoms with van der Waals surface area (Å²) in [6.07, 6.45) is 3.85. The highest BCUT2D eigenvalue weighted by Gasteiger charge is 2.26. The summed E-state index contributed by atoms with van der Waals surface area (Å²) in [7, 11) is 1.51. The third-order valence-electron chi connectivity index (χ3n) is 3.97. The van der Waals surface area contributed by atoms with E-state index in [1.54, 1.807) is 18.3 Å². The molecule has 7 heteroatoms. The number of nitrogen functional groups attached to an aromatic ring is 1. The van der Waals surface area contributed by atoms with Crippen molar-refractivity contribution in [3.8, 4) is 11.6 Å². The summed E-state index contributed by atoms with van der Waals surface area (Å²) in [4.78, 5) is 25.2. The van der Waals surface area contributed by atoms with Gasteiger partial charge in [0.25, 0.3) is 0 Å². The monoisotopic (exact) mass is 309 g/mol. The number of rotatable bonds is 3. The summed E-state index contributed by atoms with van der Waals surface area (Å²) in [6.45, 7) is 0. The van der Waals surface area contributed by atoms with Crippen LogP contribution in [-0.2, 0) is 0 Å². The Morgan fingerprint density at radius 1 is 1.26 bits per heavy atom. The molecule has 0 bridgehead atoms. The average Bonchev–Trinajstić information content (AvgIpc) is 3.40. The summed E-state index contributed by atoms with van der Waals surface area (Å²) in [5.74, 6) is 0.980. The predicted molar refractivity (Wildman–Crippen MR) is 85.9 cm³/mol. The largest absolute Gasteiger partial charge is 0.479 e. The Kier molecular flexibility index (Phi) is 3.00. The first-order chi connectivity index (χ1) is 11.2. The van der Waals surface area contributed by atoms with E-state index in [0.29, 0.717) is 28.5 Å². The Morgan fingerprint density at radius 2 is 2.09 bits per heavy atom. The first kappa shape index (κ1) is 13.7. The third kappa shape index (κ3) is 2.21. The van der Waals surface area contributed by atoms with Gasteiger partial charge in [-0.25, -0.2) is 19.3 Å². The summed E-state index contributed by atoms with van der Waals surface area (Å²) >= 11 is 0. The van der Waals surface area contributed by atoms with Crippen molar-refractivity contribution in [1.29, 1.82) is 0 Å². The van der Waals surface area contributed by atoms with Crippen molar-refractivity contribution in [3.63, 3.8) is 0 Å². The van der Waals surface area contributed by atoms with E-state index in [9.17, 15) is 4.79 Å². The molecular formula is C16H15N5O2. The number of methoxy groups -OCH3 is 1. The Hall–Kier alpha value is -2.96. The first-order valence-electron chi connectivity index (χ1n) is 7.37. The fourth-order valence-electron chi connectivity index (χ4n) is 2.67. The Bertz CT molecular complexity index is 962. The molecule has 3 aromatic heterocycles. The zero-order chi connectivity index (χ0) is 16.0. The van der Waals surface area contributed by atoms with Crippen LogP contribution in [0.25, 0.3) is 16.7 Å². The van der Waals surface area contributed by atoms with E-state index in [4.69, 9.17) is 10.5 Å². The molecule has 0 aromatic carbocycles. The van der Waals surface area contributed by atoms with Gasteiger partial charge < -0.3 is 10.5 Å². The van der Waals surface area contributed by atoms with E-state index in [2.05, 4.69) is 15.0 Å². The molecule has 4 rings (SSSR count). The lowest BCUT2D eigenvalue weighted by molar-refractivity contribution is 0.395. The maximum absolute atomic E-state index is 12.5. The van der Waals surface area contributed by atoms with Crippen LogP contribution >= 0.6 is 0 Å². The van der Waals surface area contributed by atoms with Gasteiger partial charge in [-0.3, -0.25) is 0 Å². The van der Waals surface area contributed by atoms with Gasteiger partial charge in [0.05, 0.1) is 12.5 Å². The van der Waals surface area contributed by atoms with Crippen LogP contribution in [-0.4, -0.2) is 26.6 Å². The molecule has 116 valence electrons. The molecule has 0 amide bonds. The van der Waals surface area contributed by atoms with Crippen LogP contribution in [0.3, 0.4) is 0 Å². The molecule has 1 aliphatic rings. The summed E-state index contributed by atoms with van der Waals surface area (Å²) in [5.41, 5.74) is 7.36. The molecular weight excluding hydrogens is 294 g/mol. The number of fused-ring (bicyclic) bond motifs is 1.